The maximum Gasteiger partial charge on any atom is 0.0376 e. The molecule has 0 spiro atoms. The van der Waals surface area contributed by atoms with E-state index in [0.29, 0.717) is 5.92 Å². The summed E-state index contributed by atoms with van der Waals surface area (Å²) in [6, 6.07) is 6.80. The van der Waals surface area contributed by atoms with Crippen LogP contribution in [-0.2, 0) is 0 Å². The van der Waals surface area contributed by atoms with Gasteiger partial charge in [-0.05, 0) is 30.4 Å². The summed E-state index contributed by atoms with van der Waals surface area (Å²) in [6.07, 6.45) is 1.28. The molecule has 0 aromatic heterocycles. The van der Waals surface area contributed by atoms with Crippen molar-refractivity contribution in [1.82, 2.24) is 0 Å². The van der Waals surface area contributed by atoms with E-state index in [2.05, 4.69) is 51.2 Å². The highest BCUT2D eigenvalue weighted by Gasteiger charge is 2.30. The lowest BCUT2D eigenvalue weighted by Crippen LogP contribution is -2.19. The average Bonchev–Trinajstić information content (AvgIpc) is 2.62. The molecule has 0 saturated carbocycles. The molecule has 0 amide bonds. The van der Waals surface area contributed by atoms with Gasteiger partial charge >= 0.3 is 0 Å². The Morgan fingerprint density at radius 1 is 1.38 bits per heavy atom. The summed E-state index contributed by atoms with van der Waals surface area (Å²) >= 11 is 0. The van der Waals surface area contributed by atoms with Crippen molar-refractivity contribution in [3.63, 3.8) is 0 Å². The predicted molar refractivity (Wildman–Crippen MR) is 71.0 cm³/mol. The quantitative estimate of drug-likeness (QED) is 0.800. The smallest absolute Gasteiger partial charge is 0.0376 e. The fourth-order valence-corrected chi connectivity index (χ4v) is 3.08. The Balaban J connectivity index is 2.31. The molecule has 0 saturated heterocycles. The maximum atomic E-state index is 3.55. The van der Waals surface area contributed by atoms with Crippen molar-refractivity contribution in [2.75, 3.05) is 11.9 Å². The lowest BCUT2D eigenvalue weighted by Gasteiger charge is -2.26. The number of anilines is 1. The fourth-order valence-electron chi connectivity index (χ4n) is 3.08. The molecule has 1 N–H and O–H groups in total. The Kier molecular flexibility index (Phi) is 3.22. The molecule has 1 nitrogen and oxygen atoms in total. The Morgan fingerprint density at radius 3 is 2.75 bits per heavy atom. The molecule has 0 aliphatic carbocycles. The van der Waals surface area contributed by atoms with E-state index in [1.165, 1.54) is 17.7 Å². The zero-order chi connectivity index (χ0) is 11.7. The largest absolute Gasteiger partial charge is 0.384 e. The minimum absolute atomic E-state index is 0.708. The van der Waals surface area contributed by atoms with Crippen LogP contribution in [0.3, 0.4) is 0 Å². The van der Waals surface area contributed by atoms with Crippen LogP contribution in [0.15, 0.2) is 18.2 Å². The number of rotatable bonds is 3. The first-order valence-electron chi connectivity index (χ1n) is 6.48. The second-order valence-electron chi connectivity index (χ2n) is 5.39. The number of aryl methyl sites for hydroxylation is 1. The standard InChI is InChI=1S/C15H23N/c1-5-12(10(2)3)14-9-16-15-7-6-11(4)8-13(14)15/h6-8,10,12,14,16H,5,9H2,1-4H3. The highest BCUT2D eigenvalue weighted by Crippen LogP contribution is 2.40. The van der Waals surface area contributed by atoms with E-state index < -0.39 is 0 Å². The molecule has 1 aromatic rings. The van der Waals surface area contributed by atoms with Crippen LogP contribution in [-0.4, -0.2) is 6.54 Å². The average molecular weight is 217 g/mol. The topological polar surface area (TPSA) is 12.0 Å². The van der Waals surface area contributed by atoms with Gasteiger partial charge in [0.15, 0.2) is 0 Å². The van der Waals surface area contributed by atoms with Gasteiger partial charge in [0.1, 0.15) is 0 Å². The van der Waals surface area contributed by atoms with Crippen molar-refractivity contribution in [2.45, 2.75) is 40.0 Å². The zero-order valence-electron chi connectivity index (χ0n) is 10.9. The first-order chi connectivity index (χ1) is 7.63. The van der Waals surface area contributed by atoms with Gasteiger partial charge in [-0.3, -0.25) is 0 Å². The van der Waals surface area contributed by atoms with E-state index in [0.717, 1.165) is 18.4 Å². The van der Waals surface area contributed by atoms with Crippen LogP contribution in [0, 0.1) is 18.8 Å². The second-order valence-corrected chi connectivity index (χ2v) is 5.39. The number of benzene rings is 1. The van der Waals surface area contributed by atoms with Gasteiger partial charge < -0.3 is 5.32 Å². The molecule has 1 aliphatic heterocycles. The molecule has 16 heavy (non-hydrogen) atoms. The molecular weight excluding hydrogens is 194 g/mol. The van der Waals surface area contributed by atoms with E-state index in [1.807, 2.05) is 0 Å². The van der Waals surface area contributed by atoms with Crippen LogP contribution >= 0.6 is 0 Å². The Labute approximate surface area is 99.3 Å². The highest BCUT2D eigenvalue weighted by atomic mass is 14.9. The summed E-state index contributed by atoms with van der Waals surface area (Å²) in [4.78, 5) is 0. The summed E-state index contributed by atoms with van der Waals surface area (Å²) in [6.45, 7) is 10.3. The van der Waals surface area contributed by atoms with E-state index in [4.69, 9.17) is 0 Å². The molecule has 2 rings (SSSR count). The third kappa shape index (κ3) is 1.95. The van der Waals surface area contributed by atoms with E-state index in [-0.39, 0.29) is 0 Å². The van der Waals surface area contributed by atoms with Crippen LogP contribution < -0.4 is 5.32 Å². The third-order valence-electron chi connectivity index (χ3n) is 3.96. The minimum Gasteiger partial charge on any atom is -0.384 e. The summed E-state index contributed by atoms with van der Waals surface area (Å²) in [5.41, 5.74) is 4.28. The van der Waals surface area contributed by atoms with Crippen molar-refractivity contribution in [3.05, 3.63) is 29.3 Å². The fraction of sp³-hybridized carbons (Fsp3) is 0.600. The van der Waals surface area contributed by atoms with E-state index in [1.54, 1.807) is 5.56 Å². The first kappa shape index (κ1) is 11.5. The molecule has 0 bridgehead atoms. The third-order valence-corrected chi connectivity index (χ3v) is 3.96. The molecule has 1 heterocycles. The highest BCUT2D eigenvalue weighted by molar-refractivity contribution is 5.59. The summed E-state index contributed by atoms with van der Waals surface area (Å²) < 4.78 is 0. The molecule has 88 valence electrons. The van der Waals surface area contributed by atoms with Gasteiger partial charge in [-0.1, -0.05) is 44.9 Å². The van der Waals surface area contributed by atoms with Gasteiger partial charge in [0, 0.05) is 18.2 Å². The number of hydrogen-bond donors (Lipinski definition) is 1. The van der Waals surface area contributed by atoms with Crippen LogP contribution in [0.4, 0.5) is 5.69 Å². The lowest BCUT2D eigenvalue weighted by atomic mass is 9.78. The van der Waals surface area contributed by atoms with Crippen molar-refractivity contribution < 1.29 is 0 Å². The second kappa shape index (κ2) is 4.48. The Bertz CT molecular complexity index is 368. The number of hydrogen-bond acceptors (Lipinski definition) is 1. The molecule has 2 atom stereocenters. The van der Waals surface area contributed by atoms with Gasteiger partial charge in [0.2, 0.25) is 0 Å². The van der Waals surface area contributed by atoms with E-state index >= 15 is 0 Å². The molecule has 1 heteroatoms. The van der Waals surface area contributed by atoms with Crippen molar-refractivity contribution in [3.8, 4) is 0 Å². The van der Waals surface area contributed by atoms with Crippen LogP contribution in [0.5, 0.6) is 0 Å². The van der Waals surface area contributed by atoms with Gasteiger partial charge in [-0.25, -0.2) is 0 Å². The Hall–Kier alpha value is -0.980. The summed E-state index contributed by atoms with van der Waals surface area (Å²) in [7, 11) is 0. The van der Waals surface area contributed by atoms with Crippen molar-refractivity contribution >= 4 is 5.69 Å². The van der Waals surface area contributed by atoms with Crippen LogP contribution in [0.2, 0.25) is 0 Å². The number of nitrogens with one attached hydrogen (secondary N) is 1. The zero-order valence-corrected chi connectivity index (χ0v) is 10.9. The predicted octanol–water partition coefficient (Wildman–Crippen LogP) is 4.19. The van der Waals surface area contributed by atoms with Gasteiger partial charge in [-0.2, -0.15) is 0 Å². The van der Waals surface area contributed by atoms with Gasteiger partial charge in [0.25, 0.3) is 0 Å². The Morgan fingerprint density at radius 2 is 2.12 bits per heavy atom. The summed E-state index contributed by atoms with van der Waals surface area (Å²) in [5, 5.41) is 3.55. The number of fused-ring (bicyclic) bond motifs is 1. The SMILES string of the molecule is CCC(C(C)C)C1CNc2ccc(C)cc21. The lowest BCUT2D eigenvalue weighted by molar-refractivity contribution is 0.321. The molecule has 0 radical (unpaired) electrons. The molecular formula is C15H23N. The van der Waals surface area contributed by atoms with Crippen LogP contribution in [0.1, 0.15) is 44.2 Å². The van der Waals surface area contributed by atoms with E-state index in [9.17, 15) is 0 Å². The first-order valence-corrected chi connectivity index (χ1v) is 6.48. The minimum atomic E-state index is 0.708. The van der Waals surface area contributed by atoms with Crippen molar-refractivity contribution in [1.29, 1.82) is 0 Å². The molecule has 2 unspecified atom stereocenters. The monoisotopic (exact) mass is 217 g/mol. The van der Waals surface area contributed by atoms with Gasteiger partial charge in [-0.15, -0.1) is 0 Å². The molecule has 1 aromatic carbocycles. The normalized spacial score (nSPS) is 20.7. The van der Waals surface area contributed by atoms with Gasteiger partial charge in [0.05, 0.1) is 0 Å². The molecule has 0 fully saturated rings. The van der Waals surface area contributed by atoms with Crippen molar-refractivity contribution in [2.24, 2.45) is 11.8 Å². The maximum absolute atomic E-state index is 3.55. The summed E-state index contributed by atoms with van der Waals surface area (Å²) in [5.74, 6) is 2.28. The van der Waals surface area contributed by atoms with Crippen LogP contribution in [0.25, 0.3) is 0 Å². The molecule has 1 aliphatic rings.